The largest absolute Gasteiger partial charge is 0.356 e. The van der Waals surface area contributed by atoms with Crippen molar-refractivity contribution in [1.29, 1.82) is 0 Å². The molecule has 40 heavy (non-hydrogen) atoms. The number of hydrogen-bond acceptors (Lipinski definition) is 6. The van der Waals surface area contributed by atoms with Crippen LogP contribution in [0.25, 0.3) is 0 Å². The van der Waals surface area contributed by atoms with Crippen LogP contribution in [0, 0.1) is 23.7 Å². The molecule has 0 saturated carbocycles. The van der Waals surface area contributed by atoms with Gasteiger partial charge < -0.3 is 9.80 Å². The standard InChI is InChI=1S/C34H66N6/c1-27(2)17-9-11-21-33-35-31(25-39(33)23-15-13-19-29(5)6)37-38-32-26-40(24-16-14-20-30(7)8)34(36-32)22-12-10-18-28(3)4/h27-32H,9-26H2,1-8H3/b38-37+. The van der Waals surface area contributed by atoms with Gasteiger partial charge in [0, 0.05) is 25.9 Å². The van der Waals surface area contributed by atoms with Crippen molar-refractivity contribution in [2.45, 2.75) is 158 Å². The van der Waals surface area contributed by atoms with E-state index >= 15 is 0 Å². The molecule has 6 nitrogen and oxygen atoms in total. The molecule has 2 unspecified atom stereocenters. The minimum atomic E-state index is -0.0602. The van der Waals surface area contributed by atoms with Gasteiger partial charge in [-0.05, 0) is 49.4 Å². The Balaban J connectivity index is 1.96. The first-order chi connectivity index (χ1) is 19.1. The van der Waals surface area contributed by atoms with Crippen molar-refractivity contribution in [1.82, 2.24) is 9.80 Å². The molecular weight excluding hydrogens is 492 g/mol. The van der Waals surface area contributed by atoms with Gasteiger partial charge in [-0.25, -0.2) is 9.98 Å². The van der Waals surface area contributed by atoms with E-state index in [2.05, 4.69) is 65.2 Å². The van der Waals surface area contributed by atoms with E-state index in [0.29, 0.717) is 0 Å². The van der Waals surface area contributed by atoms with E-state index in [-0.39, 0.29) is 12.3 Å². The molecular formula is C34H66N6. The number of aliphatic imine (C=N–C) groups is 2. The molecule has 0 aromatic carbocycles. The number of azo groups is 1. The third-order valence-corrected chi connectivity index (χ3v) is 8.21. The van der Waals surface area contributed by atoms with Gasteiger partial charge in [-0.15, -0.1) is 0 Å². The number of amidine groups is 2. The van der Waals surface area contributed by atoms with Gasteiger partial charge in [0.15, 0.2) is 12.3 Å². The van der Waals surface area contributed by atoms with E-state index in [1.165, 1.54) is 88.7 Å². The smallest absolute Gasteiger partial charge is 0.179 e. The van der Waals surface area contributed by atoms with Crippen molar-refractivity contribution in [2.24, 2.45) is 43.9 Å². The summed E-state index contributed by atoms with van der Waals surface area (Å²) < 4.78 is 0. The number of nitrogens with zero attached hydrogens (tertiary/aromatic N) is 6. The number of rotatable bonds is 22. The summed E-state index contributed by atoms with van der Waals surface area (Å²) in [5.41, 5.74) is 0. The summed E-state index contributed by atoms with van der Waals surface area (Å²) in [7, 11) is 0. The lowest BCUT2D eigenvalue weighted by Gasteiger charge is -2.21. The zero-order valence-electron chi connectivity index (χ0n) is 27.9. The zero-order chi connectivity index (χ0) is 29.3. The highest BCUT2D eigenvalue weighted by atomic mass is 15.4. The predicted octanol–water partition coefficient (Wildman–Crippen LogP) is 9.60. The summed E-state index contributed by atoms with van der Waals surface area (Å²) in [6.45, 7) is 22.6. The van der Waals surface area contributed by atoms with Gasteiger partial charge in [-0.1, -0.05) is 107 Å². The molecule has 6 heteroatoms. The van der Waals surface area contributed by atoms with E-state index in [1.807, 2.05) is 0 Å². The second-order valence-electron chi connectivity index (χ2n) is 14.2. The summed E-state index contributed by atoms with van der Waals surface area (Å²) >= 11 is 0. The molecule has 0 saturated heterocycles. The van der Waals surface area contributed by atoms with Crippen molar-refractivity contribution in [2.75, 3.05) is 26.2 Å². The van der Waals surface area contributed by atoms with Crippen LogP contribution in [0.4, 0.5) is 0 Å². The lowest BCUT2D eigenvalue weighted by atomic mass is 10.0. The average Bonchev–Trinajstić information content (AvgIpc) is 3.46. The molecule has 2 aliphatic rings. The molecule has 2 rings (SSSR count). The lowest BCUT2D eigenvalue weighted by Crippen LogP contribution is -2.30. The highest BCUT2D eigenvalue weighted by Gasteiger charge is 2.27. The molecule has 0 aromatic heterocycles. The normalized spacial score (nSPS) is 19.9. The fraction of sp³-hybridized carbons (Fsp3) is 0.941. The summed E-state index contributed by atoms with van der Waals surface area (Å²) in [5, 5.41) is 9.58. The van der Waals surface area contributed by atoms with Gasteiger partial charge in [0.05, 0.1) is 13.1 Å². The fourth-order valence-electron chi connectivity index (χ4n) is 5.74. The van der Waals surface area contributed by atoms with Gasteiger partial charge in [0.2, 0.25) is 0 Å². The Kier molecular flexibility index (Phi) is 17.0. The third kappa shape index (κ3) is 15.0. The highest BCUT2D eigenvalue weighted by molar-refractivity contribution is 5.84. The average molecular weight is 559 g/mol. The van der Waals surface area contributed by atoms with Crippen molar-refractivity contribution in [3.8, 4) is 0 Å². The maximum Gasteiger partial charge on any atom is 0.179 e. The predicted molar refractivity (Wildman–Crippen MR) is 174 cm³/mol. The Bertz CT molecular complexity index is 692. The van der Waals surface area contributed by atoms with E-state index in [1.54, 1.807) is 0 Å². The molecule has 2 aliphatic heterocycles. The van der Waals surface area contributed by atoms with E-state index in [0.717, 1.165) is 62.7 Å². The first kappa shape index (κ1) is 34.7. The van der Waals surface area contributed by atoms with Crippen molar-refractivity contribution in [3.05, 3.63) is 0 Å². The van der Waals surface area contributed by atoms with Gasteiger partial charge in [0.25, 0.3) is 0 Å². The first-order valence-electron chi connectivity index (χ1n) is 17.2. The van der Waals surface area contributed by atoms with Crippen LogP contribution in [-0.2, 0) is 0 Å². The summed E-state index contributed by atoms with van der Waals surface area (Å²) in [6.07, 6.45) is 17.4. The molecule has 232 valence electrons. The number of unbranched alkanes of at least 4 members (excludes halogenated alkanes) is 4. The molecule has 0 bridgehead atoms. The maximum absolute atomic E-state index is 5.07. The molecule has 0 N–H and O–H groups in total. The summed E-state index contributed by atoms with van der Waals surface area (Å²) in [4.78, 5) is 15.2. The van der Waals surface area contributed by atoms with Crippen LogP contribution in [0.3, 0.4) is 0 Å². The SMILES string of the molecule is CC(C)CCCCC1=NC(/N=N/C2CN(CCCCC(C)C)C(CCCCC(C)C)=N2)CN1CCCCC(C)C. The maximum atomic E-state index is 5.07. The Morgan fingerprint density at radius 1 is 0.525 bits per heavy atom. The molecule has 2 heterocycles. The monoisotopic (exact) mass is 559 g/mol. The molecule has 0 aliphatic carbocycles. The second kappa shape index (κ2) is 19.6. The van der Waals surface area contributed by atoms with Gasteiger partial charge >= 0.3 is 0 Å². The molecule has 0 fully saturated rings. The molecule has 2 atom stereocenters. The minimum Gasteiger partial charge on any atom is -0.356 e. The van der Waals surface area contributed by atoms with E-state index in [4.69, 9.17) is 20.2 Å². The van der Waals surface area contributed by atoms with Gasteiger partial charge in [0.1, 0.15) is 11.7 Å². The van der Waals surface area contributed by atoms with Gasteiger partial charge in [-0.3, -0.25) is 0 Å². The quantitative estimate of drug-likeness (QED) is 0.0981. The van der Waals surface area contributed by atoms with Crippen molar-refractivity contribution in [3.63, 3.8) is 0 Å². The van der Waals surface area contributed by atoms with Crippen molar-refractivity contribution >= 4 is 11.7 Å². The minimum absolute atomic E-state index is 0.0602. The first-order valence-corrected chi connectivity index (χ1v) is 17.2. The Morgan fingerprint density at radius 2 is 0.850 bits per heavy atom. The molecule has 0 amide bonds. The Labute approximate surface area is 249 Å². The van der Waals surface area contributed by atoms with Gasteiger partial charge in [-0.2, -0.15) is 10.2 Å². The van der Waals surface area contributed by atoms with Crippen LogP contribution in [-0.4, -0.2) is 60.0 Å². The fourth-order valence-corrected chi connectivity index (χ4v) is 5.74. The third-order valence-electron chi connectivity index (χ3n) is 8.21. The lowest BCUT2D eigenvalue weighted by molar-refractivity contribution is 0.378. The summed E-state index contributed by atoms with van der Waals surface area (Å²) in [6, 6.07) is 0. The highest BCUT2D eigenvalue weighted by Crippen LogP contribution is 2.22. The van der Waals surface area contributed by atoms with Crippen LogP contribution in [0.5, 0.6) is 0 Å². The number of hydrogen-bond donors (Lipinski definition) is 0. The topological polar surface area (TPSA) is 55.9 Å². The van der Waals surface area contributed by atoms with Crippen LogP contribution < -0.4 is 0 Å². The van der Waals surface area contributed by atoms with Crippen molar-refractivity contribution < 1.29 is 0 Å². The van der Waals surface area contributed by atoms with E-state index in [9.17, 15) is 0 Å². The van der Waals surface area contributed by atoms with Crippen LogP contribution in [0.2, 0.25) is 0 Å². The van der Waals surface area contributed by atoms with Crippen LogP contribution in [0.15, 0.2) is 20.2 Å². The summed E-state index contributed by atoms with van der Waals surface area (Å²) in [5.74, 6) is 5.66. The van der Waals surface area contributed by atoms with E-state index < -0.39 is 0 Å². The Hall–Kier alpha value is -1.46. The van der Waals surface area contributed by atoms with Crippen LogP contribution >= 0.6 is 0 Å². The zero-order valence-corrected chi connectivity index (χ0v) is 27.9. The second-order valence-corrected chi connectivity index (χ2v) is 14.2. The molecule has 0 spiro atoms. The molecule has 0 radical (unpaired) electrons. The Morgan fingerprint density at radius 3 is 1.18 bits per heavy atom. The molecule has 0 aromatic rings. The van der Waals surface area contributed by atoms with Crippen LogP contribution in [0.1, 0.15) is 145 Å².